The van der Waals surface area contributed by atoms with Crippen LogP contribution in [0.15, 0.2) is 48.5 Å². The van der Waals surface area contributed by atoms with Gasteiger partial charge in [0.25, 0.3) is 0 Å². The average molecular weight is 336 g/mol. The Morgan fingerprint density at radius 1 is 1.08 bits per heavy atom. The highest BCUT2D eigenvalue weighted by Gasteiger charge is 2.28. The Balaban J connectivity index is 1.37. The lowest BCUT2D eigenvalue weighted by molar-refractivity contribution is -0.117. The predicted molar refractivity (Wildman–Crippen MR) is 98.7 cm³/mol. The van der Waals surface area contributed by atoms with Crippen molar-refractivity contribution in [1.82, 2.24) is 4.90 Å². The van der Waals surface area contributed by atoms with E-state index in [1.54, 1.807) is 0 Å². The van der Waals surface area contributed by atoms with Crippen molar-refractivity contribution >= 4 is 11.6 Å². The third-order valence-corrected chi connectivity index (χ3v) is 5.18. The molecule has 1 heterocycles. The van der Waals surface area contributed by atoms with Gasteiger partial charge in [0, 0.05) is 25.3 Å². The van der Waals surface area contributed by atoms with Gasteiger partial charge in [-0.3, -0.25) is 9.69 Å². The van der Waals surface area contributed by atoms with Crippen LogP contribution in [0.4, 0.5) is 5.69 Å². The first-order valence-corrected chi connectivity index (χ1v) is 9.07. The molecular formula is C21H24N2O2. The fourth-order valence-electron chi connectivity index (χ4n) is 3.77. The molecule has 1 atom stereocenters. The molecule has 0 radical (unpaired) electrons. The number of carbonyl (C=O) groups is 1. The van der Waals surface area contributed by atoms with E-state index >= 15 is 0 Å². The van der Waals surface area contributed by atoms with Gasteiger partial charge in [0.2, 0.25) is 5.91 Å². The lowest BCUT2D eigenvalue weighted by atomic mass is 10.0. The Kier molecular flexibility index (Phi) is 4.81. The molecule has 130 valence electrons. The number of aryl methyl sites for hydroxylation is 1. The lowest BCUT2D eigenvalue weighted by Gasteiger charge is -2.26. The van der Waals surface area contributed by atoms with Crippen LogP contribution in [0.25, 0.3) is 0 Å². The van der Waals surface area contributed by atoms with Gasteiger partial charge >= 0.3 is 0 Å². The summed E-state index contributed by atoms with van der Waals surface area (Å²) in [5.74, 6) is 0.0788. The maximum atomic E-state index is 12.6. The van der Waals surface area contributed by atoms with Crippen molar-refractivity contribution in [2.75, 3.05) is 31.6 Å². The molecule has 1 fully saturated rings. The van der Waals surface area contributed by atoms with Crippen LogP contribution in [0, 0.1) is 0 Å². The highest BCUT2D eigenvalue weighted by Crippen LogP contribution is 2.33. The van der Waals surface area contributed by atoms with Crippen LogP contribution < -0.4 is 5.32 Å². The van der Waals surface area contributed by atoms with Crippen molar-refractivity contribution in [3.8, 4) is 0 Å². The van der Waals surface area contributed by atoms with Gasteiger partial charge in [0.15, 0.2) is 0 Å². The molecule has 1 aliphatic heterocycles. The quantitative estimate of drug-likeness (QED) is 0.932. The number of carbonyl (C=O) groups excluding carboxylic acids is 1. The summed E-state index contributed by atoms with van der Waals surface area (Å²) in [6, 6.07) is 16.5. The second-order valence-electron chi connectivity index (χ2n) is 6.86. The number of rotatable bonds is 4. The number of nitrogens with zero attached hydrogens (tertiary/aromatic N) is 1. The van der Waals surface area contributed by atoms with Gasteiger partial charge in [-0.25, -0.2) is 0 Å². The molecule has 2 aromatic rings. The summed E-state index contributed by atoms with van der Waals surface area (Å²) < 4.78 is 5.38. The summed E-state index contributed by atoms with van der Waals surface area (Å²) in [7, 11) is 0. The molecular weight excluding hydrogens is 312 g/mol. The summed E-state index contributed by atoms with van der Waals surface area (Å²) >= 11 is 0. The normalized spacial score (nSPS) is 20.2. The Hall–Kier alpha value is -2.17. The zero-order chi connectivity index (χ0) is 17.1. The van der Waals surface area contributed by atoms with Crippen molar-refractivity contribution in [3.63, 3.8) is 0 Å². The molecule has 1 saturated heterocycles. The van der Waals surface area contributed by atoms with Gasteiger partial charge in [-0.2, -0.15) is 0 Å². The Morgan fingerprint density at radius 2 is 1.84 bits per heavy atom. The molecule has 0 bridgehead atoms. The van der Waals surface area contributed by atoms with E-state index in [2.05, 4.69) is 34.5 Å². The molecule has 0 aromatic heterocycles. The fourth-order valence-corrected chi connectivity index (χ4v) is 3.77. The molecule has 4 heteroatoms. The molecule has 1 unspecified atom stereocenters. The molecule has 4 nitrogen and oxygen atoms in total. The molecule has 2 aromatic carbocycles. The summed E-state index contributed by atoms with van der Waals surface area (Å²) in [5.41, 5.74) is 4.64. The van der Waals surface area contributed by atoms with Crippen molar-refractivity contribution in [2.24, 2.45) is 0 Å². The molecule has 2 aliphatic rings. The molecule has 25 heavy (non-hydrogen) atoms. The third-order valence-electron chi connectivity index (χ3n) is 5.18. The van der Waals surface area contributed by atoms with E-state index < -0.39 is 0 Å². The van der Waals surface area contributed by atoms with E-state index in [1.807, 2.05) is 24.3 Å². The molecule has 1 aliphatic carbocycles. The molecule has 0 spiro atoms. The second kappa shape index (κ2) is 7.38. The number of amides is 1. The number of anilines is 1. The zero-order valence-electron chi connectivity index (χ0n) is 14.4. The van der Waals surface area contributed by atoms with E-state index in [1.165, 1.54) is 16.7 Å². The highest BCUT2D eigenvalue weighted by atomic mass is 16.5. The molecule has 1 amide bonds. The van der Waals surface area contributed by atoms with Crippen LogP contribution in [0.3, 0.4) is 0 Å². The highest BCUT2D eigenvalue weighted by molar-refractivity contribution is 5.96. The summed E-state index contributed by atoms with van der Waals surface area (Å²) in [6.07, 6.45) is 1.90. The lowest BCUT2D eigenvalue weighted by Crippen LogP contribution is -2.35. The Bertz CT molecular complexity index is 736. The van der Waals surface area contributed by atoms with Crippen molar-refractivity contribution in [3.05, 3.63) is 65.2 Å². The smallest absolute Gasteiger partial charge is 0.231 e. The first-order chi connectivity index (χ1) is 12.3. The van der Waals surface area contributed by atoms with Gasteiger partial charge in [-0.15, -0.1) is 0 Å². The second-order valence-corrected chi connectivity index (χ2v) is 6.86. The predicted octanol–water partition coefficient (Wildman–Crippen LogP) is 3.19. The van der Waals surface area contributed by atoms with Gasteiger partial charge < -0.3 is 10.1 Å². The number of hydrogen-bond acceptors (Lipinski definition) is 3. The number of ether oxygens (including phenoxy) is 1. The topological polar surface area (TPSA) is 41.6 Å². The maximum absolute atomic E-state index is 12.6. The molecule has 1 N–H and O–H groups in total. The number of fused-ring (bicyclic) bond motifs is 1. The van der Waals surface area contributed by atoms with Crippen LogP contribution in [0.2, 0.25) is 0 Å². The average Bonchev–Trinajstić information content (AvgIpc) is 3.08. The van der Waals surface area contributed by atoms with Crippen LogP contribution >= 0.6 is 0 Å². The minimum absolute atomic E-state index is 0.0239. The van der Waals surface area contributed by atoms with Crippen LogP contribution in [-0.4, -0.2) is 37.1 Å². The van der Waals surface area contributed by atoms with Gasteiger partial charge in [-0.1, -0.05) is 36.4 Å². The van der Waals surface area contributed by atoms with E-state index in [0.717, 1.165) is 51.4 Å². The van der Waals surface area contributed by atoms with E-state index in [4.69, 9.17) is 4.74 Å². The Morgan fingerprint density at radius 3 is 2.64 bits per heavy atom. The van der Waals surface area contributed by atoms with Crippen LogP contribution in [0.5, 0.6) is 0 Å². The molecule has 0 saturated carbocycles. The third kappa shape index (κ3) is 3.75. The summed E-state index contributed by atoms with van der Waals surface area (Å²) in [4.78, 5) is 15.0. The largest absolute Gasteiger partial charge is 0.379 e. The number of benzene rings is 2. The van der Waals surface area contributed by atoms with Crippen molar-refractivity contribution < 1.29 is 9.53 Å². The number of nitrogens with one attached hydrogen (secondary N) is 1. The SMILES string of the molecule is O=C(Nc1ccc(CN2CCOCC2)cc1)C1CCc2ccccc21. The first kappa shape index (κ1) is 16.3. The van der Waals surface area contributed by atoms with Gasteiger partial charge in [0.05, 0.1) is 19.1 Å². The summed E-state index contributed by atoms with van der Waals surface area (Å²) in [6.45, 7) is 4.54. The monoisotopic (exact) mass is 336 g/mol. The fraction of sp³-hybridized carbons (Fsp3) is 0.381. The zero-order valence-corrected chi connectivity index (χ0v) is 14.4. The minimum Gasteiger partial charge on any atom is -0.379 e. The number of hydrogen-bond donors (Lipinski definition) is 1. The standard InChI is InChI=1S/C21H24N2O2/c24-21(20-10-7-17-3-1-2-4-19(17)20)22-18-8-5-16(6-9-18)15-23-11-13-25-14-12-23/h1-6,8-9,20H,7,10-15H2,(H,22,24). The van der Waals surface area contributed by atoms with E-state index in [-0.39, 0.29) is 11.8 Å². The van der Waals surface area contributed by atoms with E-state index in [0.29, 0.717) is 0 Å². The van der Waals surface area contributed by atoms with Crippen LogP contribution in [-0.2, 0) is 22.5 Å². The van der Waals surface area contributed by atoms with Crippen molar-refractivity contribution in [2.45, 2.75) is 25.3 Å². The minimum atomic E-state index is -0.0239. The maximum Gasteiger partial charge on any atom is 0.231 e. The first-order valence-electron chi connectivity index (χ1n) is 9.07. The molecule has 4 rings (SSSR count). The summed E-state index contributed by atoms with van der Waals surface area (Å²) in [5, 5.41) is 3.08. The van der Waals surface area contributed by atoms with Crippen molar-refractivity contribution in [1.29, 1.82) is 0 Å². The van der Waals surface area contributed by atoms with E-state index in [9.17, 15) is 4.79 Å². The number of morpholine rings is 1. The van der Waals surface area contributed by atoms with Gasteiger partial charge in [0.1, 0.15) is 0 Å². The van der Waals surface area contributed by atoms with Crippen LogP contribution in [0.1, 0.15) is 29.0 Å². The van der Waals surface area contributed by atoms with Gasteiger partial charge in [-0.05, 0) is 41.7 Å². The Labute approximate surface area is 148 Å².